The normalized spacial score (nSPS) is 18.6. The fraction of sp³-hybridized carbons (Fsp3) is 0.533. The summed E-state index contributed by atoms with van der Waals surface area (Å²) in [5, 5.41) is 3.07. The third-order valence-electron chi connectivity index (χ3n) is 3.54. The maximum atomic E-state index is 12.1. The predicted molar refractivity (Wildman–Crippen MR) is 82.9 cm³/mol. The van der Waals surface area contributed by atoms with Crippen LogP contribution in [0.15, 0.2) is 28.7 Å². The number of carbonyl (C=O) groups excluding carboxylic acids is 1. The number of hydrogen-bond acceptors (Lipinski definition) is 3. The zero-order valence-electron chi connectivity index (χ0n) is 11.9. The summed E-state index contributed by atoms with van der Waals surface area (Å²) in [6, 6.07) is 7.80. The van der Waals surface area contributed by atoms with Crippen LogP contribution in [0.25, 0.3) is 0 Å². The van der Waals surface area contributed by atoms with Crippen molar-refractivity contribution in [1.82, 2.24) is 10.2 Å². The van der Waals surface area contributed by atoms with E-state index in [1.807, 2.05) is 24.3 Å². The highest BCUT2D eigenvalue weighted by Gasteiger charge is 2.22. The fourth-order valence-corrected chi connectivity index (χ4v) is 2.65. The van der Waals surface area contributed by atoms with Gasteiger partial charge in [0.2, 0.25) is 0 Å². The van der Waals surface area contributed by atoms with Crippen molar-refractivity contribution in [2.24, 2.45) is 0 Å². The molecule has 0 radical (unpaired) electrons. The van der Waals surface area contributed by atoms with Crippen LogP contribution < -0.4 is 10.1 Å². The largest absolute Gasteiger partial charge is 0.481 e. The lowest BCUT2D eigenvalue weighted by molar-refractivity contribution is -0.128. The van der Waals surface area contributed by atoms with Crippen LogP contribution in [0.4, 0.5) is 0 Å². The van der Waals surface area contributed by atoms with Crippen LogP contribution in [0.1, 0.15) is 19.8 Å². The summed E-state index contributed by atoms with van der Waals surface area (Å²) >= 11 is 3.39. The molecule has 1 amide bonds. The van der Waals surface area contributed by atoms with Crippen molar-refractivity contribution in [2.75, 3.05) is 20.1 Å². The molecule has 1 aromatic carbocycles. The van der Waals surface area contributed by atoms with Gasteiger partial charge in [0, 0.05) is 10.5 Å². The molecule has 0 spiro atoms. The fourth-order valence-electron chi connectivity index (χ4n) is 2.27. The molecule has 0 saturated carbocycles. The Hall–Kier alpha value is -1.07. The molecular weight excluding hydrogens is 320 g/mol. The Bertz CT molecular complexity index is 459. The quantitative estimate of drug-likeness (QED) is 0.915. The lowest BCUT2D eigenvalue weighted by Crippen LogP contribution is -2.47. The van der Waals surface area contributed by atoms with Gasteiger partial charge in [-0.1, -0.05) is 22.0 Å². The first-order valence-corrected chi connectivity index (χ1v) is 7.75. The standard InChI is InChI=1S/C15H21BrN2O2/c1-11(20-14-5-3-4-12(16)10-14)15(19)17-13-6-8-18(2)9-7-13/h3-5,10-11,13H,6-9H2,1-2H3,(H,17,19)/t11-/m0/s1. The van der Waals surface area contributed by atoms with Gasteiger partial charge < -0.3 is 15.0 Å². The number of amides is 1. The molecule has 1 atom stereocenters. The van der Waals surface area contributed by atoms with E-state index in [4.69, 9.17) is 4.74 Å². The Kier molecular flexibility index (Phi) is 5.43. The molecule has 1 aliphatic rings. The SMILES string of the molecule is C[C@H](Oc1cccc(Br)c1)C(=O)NC1CCN(C)CC1. The maximum absolute atomic E-state index is 12.1. The van der Waals surface area contributed by atoms with Crippen molar-refractivity contribution < 1.29 is 9.53 Å². The third kappa shape index (κ3) is 4.49. The second-order valence-corrected chi connectivity index (χ2v) is 6.22. The summed E-state index contributed by atoms with van der Waals surface area (Å²) in [6.45, 7) is 3.85. The highest BCUT2D eigenvalue weighted by molar-refractivity contribution is 9.10. The minimum atomic E-state index is -0.482. The van der Waals surface area contributed by atoms with E-state index in [2.05, 4.69) is 33.2 Å². The first-order chi connectivity index (χ1) is 9.54. The number of nitrogens with zero attached hydrogens (tertiary/aromatic N) is 1. The highest BCUT2D eigenvalue weighted by Crippen LogP contribution is 2.19. The van der Waals surface area contributed by atoms with Crippen molar-refractivity contribution in [3.05, 3.63) is 28.7 Å². The molecule has 110 valence electrons. The highest BCUT2D eigenvalue weighted by atomic mass is 79.9. The topological polar surface area (TPSA) is 41.6 Å². The van der Waals surface area contributed by atoms with Crippen LogP contribution in [-0.2, 0) is 4.79 Å². The molecule has 1 fully saturated rings. The van der Waals surface area contributed by atoms with E-state index in [-0.39, 0.29) is 11.9 Å². The molecule has 2 rings (SSSR count). The maximum Gasteiger partial charge on any atom is 0.260 e. The molecule has 1 saturated heterocycles. The number of halogens is 1. The van der Waals surface area contributed by atoms with Crippen LogP contribution >= 0.6 is 15.9 Å². The minimum Gasteiger partial charge on any atom is -0.481 e. The molecule has 4 nitrogen and oxygen atoms in total. The average Bonchev–Trinajstić information content (AvgIpc) is 2.41. The summed E-state index contributed by atoms with van der Waals surface area (Å²) in [5.41, 5.74) is 0. The third-order valence-corrected chi connectivity index (χ3v) is 4.04. The van der Waals surface area contributed by atoms with Crippen molar-refractivity contribution in [1.29, 1.82) is 0 Å². The molecule has 5 heteroatoms. The zero-order valence-corrected chi connectivity index (χ0v) is 13.5. The summed E-state index contributed by atoms with van der Waals surface area (Å²) in [5.74, 6) is 0.657. The van der Waals surface area contributed by atoms with E-state index < -0.39 is 6.10 Å². The number of ether oxygens (including phenoxy) is 1. The van der Waals surface area contributed by atoms with Crippen LogP contribution in [0, 0.1) is 0 Å². The van der Waals surface area contributed by atoms with E-state index in [0.29, 0.717) is 5.75 Å². The molecule has 20 heavy (non-hydrogen) atoms. The average molecular weight is 341 g/mol. The lowest BCUT2D eigenvalue weighted by atomic mass is 10.1. The second-order valence-electron chi connectivity index (χ2n) is 5.30. The van der Waals surface area contributed by atoms with E-state index in [0.717, 1.165) is 30.4 Å². The molecule has 0 aromatic heterocycles. The van der Waals surface area contributed by atoms with Crippen LogP contribution in [0.2, 0.25) is 0 Å². The summed E-state index contributed by atoms with van der Waals surface area (Å²) in [4.78, 5) is 14.4. The number of carbonyl (C=O) groups is 1. The van der Waals surface area contributed by atoms with Gasteiger partial charge >= 0.3 is 0 Å². The Morgan fingerprint density at radius 3 is 2.80 bits per heavy atom. The number of likely N-dealkylation sites (tertiary alicyclic amines) is 1. The summed E-state index contributed by atoms with van der Waals surface area (Å²) in [7, 11) is 2.11. The molecule has 1 aliphatic heterocycles. The van der Waals surface area contributed by atoms with Gasteiger partial charge in [0.15, 0.2) is 6.10 Å². The number of nitrogens with one attached hydrogen (secondary N) is 1. The minimum absolute atomic E-state index is 0.0421. The summed E-state index contributed by atoms with van der Waals surface area (Å²) < 4.78 is 6.61. The second kappa shape index (κ2) is 7.09. The Morgan fingerprint density at radius 1 is 1.45 bits per heavy atom. The number of benzene rings is 1. The van der Waals surface area contributed by atoms with Crippen molar-refractivity contribution in [2.45, 2.75) is 31.9 Å². The Morgan fingerprint density at radius 2 is 2.15 bits per heavy atom. The zero-order chi connectivity index (χ0) is 14.5. The predicted octanol–water partition coefficient (Wildman–Crippen LogP) is 2.43. The number of hydrogen-bond donors (Lipinski definition) is 1. The van der Waals surface area contributed by atoms with Gasteiger partial charge in [-0.2, -0.15) is 0 Å². The van der Waals surface area contributed by atoms with Crippen LogP contribution in [0.3, 0.4) is 0 Å². The van der Waals surface area contributed by atoms with Crippen molar-refractivity contribution in [3.8, 4) is 5.75 Å². The van der Waals surface area contributed by atoms with Crippen molar-refractivity contribution >= 4 is 21.8 Å². The Balaban J connectivity index is 1.83. The number of rotatable bonds is 4. The number of piperidine rings is 1. The molecule has 0 unspecified atom stereocenters. The molecule has 0 aliphatic carbocycles. The van der Waals surface area contributed by atoms with E-state index in [1.165, 1.54) is 0 Å². The Labute approximate surface area is 128 Å². The van der Waals surface area contributed by atoms with Gasteiger partial charge in [-0.25, -0.2) is 0 Å². The molecule has 1 heterocycles. The molecule has 0 bridgehead atoms. The first kappa shape index (κ1) is 15.3. The monoisotopic (exact) mass is 340 g/mol. The van der Waals surface area contributed by atoms with Gasteiger partial charge in [-0.15, -0.1) is 0 Å². The van der Waals surface area contributed by atoms with Gasteiger partial charge in [0.1, 0.15) is 5.75 Å². The first-order valence-electron chi connectivity index (χ1n) is 6.96. The van der Waals surface area contributed by atoms with Gasteiger partial charge in [0.25, 0.3) is 5.91 Å². The lowest BCUT2D eigenvalue weighted by Gasteiger charge is -2.30. The van der Waals surface area contributed by atoms with Crippen LogP contribution in [-0.4, -0.2) is 43.1 Å². The van der Waals surface area contributed by atoms with Gasteiger partial charge in [-0.3, -0.25) is 4.79 Å². The smallest absolute Gasteiger partial charge is 0.260 e. The van der Waals surface area contributed by atoms with E-state index in [9.17, 15) is 4.79 Å². The molecule has 1 N–H and O–H groups in total. The van der Waals surface area contributed by atoms with Crippen LogP contribution in [0.5, 0.6) is 5.75 Å². The summed E-state index contributed by atoms with van der Waals surface area (Å²) in [6.07, 6.45) is 1.53. The molecular formula is C15H21BrN2O2. The van der Waals surface area contributed by atoms with Gasteiger partial charge in [0.05, 0.1) is 0 Å². The molecule has 1 aromatic rings. The van der Waals surface area contributed by atoms with E-state index >= 15 is 0 Å². The van der Waals surface area contributed by atoms with Gasteiger partial charge in [-0.05, 0) is 58.1 Å². The van der Waals surface area contributed by atoms with Crippen molar-refractivity contribution in [3.63, 3.8) is 0 Å². The van der Waals surface area contributed by atoms with E-state index in [1.54, 1.807) is 6.92 Å².